The Morgan fingerprint density at radius 3 is 2.53 bits per heavy atom. The normalized spacial score (nSPS) is 18.5. The molecule has 0 atom stereocenters. The fraction of sp³-hybridized carbons (Fsp3) is 0.636. The topological polar surface area (TPSA) is 46.2 Å². The van der Waals surface area contributed by atoms with Crippen molar-refractivity contribution in [1.82, 2.24) is 4.72 Å². The van der Waals surface area contributed by atoms with E-state index in [1.807, 2.05) is 6.92 Å². The molecule has 0 unspecified atom stereocenters. The van der Waals surface area contributed by atoms with Crippen molar-refractivity contribution < 1.29 is 8.42 Å². The lowest BCUT2D eigenvalue weighted by atomic mass is 9.96. The molecular weight excluding hydrogens is 278 g/mol. The average molecular weight is 294 g/mol. The number of sulfonamides is 1. The highest BCUT2D eigenvalue weighted by Gasteiger charge is 2.23. The monoisotopic (exact) mass is 293 g/mol. The van der Waals surface area contributed by atoms with Crippen LogP contribution in [0.25, 0.3) is 0 Å². The van der Waals surface area contributed by atoms with Crippen molar-refractivity contribution in [2.24, 2.45) is 0 Å². The maximum absolute atomic E-state index is 12.1. The fourth-order valence-corrected chi connectivity index (χ4v) is 5.09. The predicted octanol–water partition coefficient (Wildman–Crippen LogP) is 3.32. The van der Waals surface area contributed by atoms with E-state index in [1.165, 1.54) is 6.42 Å². The van der Waals surface area contributed by atoms with Crippen LogP contribution >= 0.6 is 22.9 Å². The highest BCUT2D eigenvalue weighted by atomic mass is 35.5. The molecule has 0 saturated heterocycles. The summed E-state index contributed by atoms with van der Waals surface area (Å²) in [5.74, 6) is 0. The lowest BCUT2D eigenvalue weighted by Gasteiger charge is -2.22. The molecule has 1 aromatic rings. The second-order valence-electron chi connectivity index (χ2n) is 4.48. The standard InChI is InChI=1S/C11H16ClNO2S2/c1-8-7-10(16-11(8)12)17(14,15)13-9-5-3-2-4-6-9/h7,9,13H,2-6H2,1H3. The first kappa shape index (κ1) is 13.3. The van der Waals surface area contributed by atoms with Gasteiger partial charge in [-0.15, -0.1) is 11.3 Å². The number of halogens is 1. The lowest BCUT2D eigenvalue weighted by Crippen LogP contribution is -2.35. The minimum Gasteiger partial charge on any atom is -0.207 e. The Morgan fingerprint density at radius 2 is 2.00 bits per heavy atom. The van der Waals surface area contributed by atoms with Crippen LogP contribution in [0.3, 0.4) is 0 Å². The minimum absolute atomic E-state index is 0.0925. The van der Waals surface area contributed by atoms with Crippen LogP contribution in [-0.4, -0.2) is 14.5 Å². The first-order valence-electron chi connectivity index (χ1n) is 5.77. The van der Waals surface area contributed by atoms with Crippen LogP contribution in [0.5, 0.6) is 0 Å². The quantitative estimate of drug-likeness (QED) is 0.929. The zero-order chi connectivity index (χ0) is 12.5. The summed E-state index contributed by atoms with van der Waals surface area (Å²) in [6, 6.07) is 1.73. The van der Waals surface area contributed by atoms with Crippen LogP contribution in [-0.2, 0) is 10.0 Å². The van der Waals surface area contributed by atoms with E-state index in [2.05, 4.69) is 4.72 Å². The number of aryl methyl sites for hydroxylation is 1. The summed E-state index contributed by atoms with van der Waals surface area (Å²) >= 11 is 7.03. The zero-order valence-corrected chi connectivity index (χ0v) is 12.1. The van der Waals surface area contributed by atoms with Crippen LogP contribution in [0.15, 0.2) is 10.3 Å². The fourth-order valence-electron chi connectivity index (χ4n) is 2.06. The Kier molecular flexibility index (Phi) is 4.13. The molecule has 0 amide bonds. The Bertz CT molecular complexity index is 470. The highest BCUT2D eigenvalue weighted by molar-refractivity contribution is 7.91. The van der Waals surface area contributed by atoms with E-state index in [1.54, 1.807) is 6.07 Å². The van der Waals surface area contributed by atoms with Crippen molar-refractivity contribution in [2.75, 3.05) is 0 Å². The van der Waals surface area contributed by atoms with Crippen molar-refractivity contribution in [1.29, 1.82) is 0 Å². The van der Waals surface area contributed by atoms with Crippen LogP contribution in [0.2, 0.25) is 4.34 Å². The van der Waals surface area contributed by atoms with E-state index in [0.29, 0.717) is 8.55 Å². The van der Waals surface area contributed by atoms with Gasteiger partial charge in [0.15, 0.2) is 0 Å². The summed E-state index contributed by atoms with van der Waals surface area (Å²) in [6.45, 7) is 1.82. The molecule has 0 bridgehead atoms. The lowest BCUT2D eigenvalue weighted by molar-refractivity contribution is 0.412. The smallest absolute Gasteiger partial charge is 0.207 e. The van der Waals surface area contributed by atoms with E-state index < -0.39 is 10.0 Å². The molecule has 3 nitrogen and oxygen atoms in total. The molecule has 1 saturated carbocycles. The molecule has 1 aromatic heterocycles. The van der Waals surface area contributed by atoms with E-state index >= 15 is 0 Å². The Hall–Kier alpha value is -0.100. The van der Waals surface area contributed by atoms with Gasteiger partial charge in [-0.05, 0) is 31.4 Å². The summed E-state index contributed by atoms with van der Waals surface area (Å²) in [4.78, 5) is 0. The Balaban J connectivity index is 2.12. The van der Waals surface area contributed by atoms with Gasteiger partial charge in [0.1, 0.15) is 4.21 Å². The highest BCUT2D eigenvalue weighted by Crippen LogP contribution is 2.30. The maximum atomic E-state index is 12.1. The van der Waals surface area contributed by atoms with Crippen molar-refractivity contribution in [3.05, 3.63) is 16.0 Å². The molecule has 1 aliphatic carbocycles. The van der Waals surface area contributed by atoms with E-state index in [0.717, 1.165) is 42.6 Å². The molecule has 2 rings (SSSR count). The number of thiophene rings is 1. The third-order valence-electron chi connectivity index (χ3n) is 3.03. The van der Waals surface area contributed by atoms with Gasteiger partial charge in [-0.3, -0.25) is 0 Å². The second-order valence-corrected chi connectivity index (χ2v) is 8.07. The van der Waals surface area contributed by atoms with Crippen molar-refractivity contribution in [2.45, 2.75) is 49.3 Å². The van der Waals surface area contributed by atoms with Gasteiger partial charge in [-0.2, -0.15) is 0 Å². The SMILES string of the molecule is Cc1cc(S(=O)(=O)NC2CCCCC2)sc1Cl. The summed E-state index contributed by atoms with van der Waals surface area (Å²) in [5, 5.41) is 0. The molecule has 0 spiro atoms. The third kappa shape index (κ3) is 3.22. The van der Waals surface area contributed by atoms with E-state index in [9.17, 15) is 8.42 Å². The summed E-state index contributed by atoms with van der Waals surface area (Å²) in [7, 11) is -3.38. The van der Waals surface area contributed by atoms with Crippen LogP contribution in [0.4, 0.5) is 0 Å². The molecule has 17 heavy (non-hydrogen) atoms. The number of rotatable bonds is 3. The van der Waals surface area contributed by atoms with Gasteiger partial charge in [0.2, 0.25) is 10.0 Å². The van der Waals surface area contributed by atoms with Crippen LogP contribution in [0, 0.1) is 6.92 Å². The van der Waals surface area contributed by atoms with E-state index in [4.69, 9.17) is 11.6 Å². The molecule has 1 fully saturated rings. The van der Waals surface area contributed by atoms with Gasteiger partial charge in [-0.25, -0.2) is 13.1 Å². The molecule has 0 radical (unpaired) electrons. The van der Waals surface area contributed by atoms with E-state index in [-0.39, 0.29) is 6.04 Å². The number of nitrogens with one attached hydrogen (secondary N) is 1. The predicted molar refractivity (Wildman–Crippen MR) is 71.3 cm³/mol. The van der Waals surface area contributed by atoms with Crippen molar-refractivity contribution >= 4 is 33.0 Å². The Labute approximate surface area is 111 Å². The van der Waals surface area contributed by atoms with Crippen LogP contribution in [0.1, 0.15) is 37.7 Å². The summed E-state index contributed by atoms with van der Waals surface area (Å²) < 4.78 is 27.9. The molecular formula is C11H16ClNO2S2. The molecule has 1 aliphatic rings. The maximum Gasteiger partial charge on any atom is 0.250 e. The van der Waals surface area contributed by atoms with Crippen molar-refractivity contribution in [3.63, 3.8) is 0 Å². The van der Waals surface area contributed by atoms with Gasteiger partial charge in [0.25, 0.3) is 0 Å². The largest absolute Gasteiger partial charge is 0.250 e. The first-order valence-corrected chi connectivity index (χ1v) is 8.45. The van der Waals surface area contributed by atoms with Gasteiger partial charge in [-0.1, -0.05) is 30.9 Å². The summed E-state index contributed by atoms with van der Waals surface area (Å²) in [6.07, 6.45) is 5.31. The third-order valence-corrected chi connectivity index (χ3v) is 6.58. The first-order chi connectivity index (χ1) is 7.99. The molecule has 6 heteroatoms. The number of hydrogen-bond acceptors (Lipinski definition) is 3. The van der Waals surface area contributed by atoms with Gasteiger partial charge < -0.3 is 0 Å². The average Bonchev–Trinajstić information content (AvgIpc) is 2.61. The molecule has 0 aromatic carbocycles. The van der Waals surface area contributed by atoms with Crippen LogP contribution < -0.4 is 4.72 Å². The van der Waals surface area contributed by atoms with Gasteiger partial charge in [0, 0.05) is 6.04 Å². The second kappa shape index (κ2) is 5.26. The summed E-state index contributed by atoms with van der Waals surface area (Å²) in [5.41, 5.74) is 0.820. The van der Waals surface area contributed by atoms with Crippen molar-refractivity contribution in [3.8, 4) is 0 Å². The number of hydrogen-bond donors (Lipinski definition) is 1. The van der Waals surface area contributed by atoms with Gasteiger partial charge >= 0.3 is 0 Å². The zero-order valence-electron chi connectivity index (χ0n) is 9.70. The Morgan fingerprint density at radius 1 is 1.35 bits per heavy atom. The molecule has 1 N–H and O–H groups in total. The van der Waals surface area contributed by atoms with Gasteiger partial charge in [0.05, 0.1) is 4.34 Å². The molecule has 0 aliphatic heterocycles. The minimum atomic E-state index is -3.38. The molecule has 1 heterocycles. The molecule has 96 valence electrons.